The minimum Gasteiger partial charge on any atom is -0.453 e. The molecule has 1 N–H and O–H groups in total. The van der Waals surface area contributed by atoms with E-state index in [0.717, 1.165) is 38.6 Å². The molecule has 0 aromatic rings. The fraction of sp³-hybridized carbons (Fsp3) is 0.867. The van der Waals surface area contributed by atoms with Gasteiger partial charge in [-0.25, -0.2) is 4.79 Å². The molecular weight excluding hydrogens is 256 g/mol. The molecule has 2 rings (SSSR count). The average molecular weight is 282 g/mol. The summed E-state index contributed by atoms with van der Waals surface area (Å²) in [6.07, 6.45) is 4.75. The van der Waals surface area contributed by atoms with Gasteiger partial charge in [-0.05, 0) is 37.5 Å². The van der Waals surface area contributed by atoms with Gasteiger partial charge >= 0.3 is 6.09 Å². The molecule has 1 saturated heterocycles. The Morgan fingerprint density at radius 2 is 2.05 bits per heavy atom. The van der Waals surface area contributed by atoms with Crippen molar-refractivity contribution < 1.29 is 14.3 Å². The Morgan fingerprint density at radius 3 is 2.60 bits per heavy atom. The summed E-state index contributed by atoms with van der Waals surface area (Å²) >= 11 is 0. The molecule has 114 valence electrons. The van der Waals surface area contributed by atoms with Crippen LogP contribution in [0.3, 0.4) is 0 Å². The van der Waals surface area contributed by atoms with E-state index in [2.05, 4.69) is 23.9 Å². The Morgan fingerprint density at radius 1 is 1.35 bits per heavy atom. The van der Waals surface area contributed by atoms with Crippen LogP contribution in [0.5, 0.6) is 0 Å². The van der Waals surface area contributed by atoms with Crippen LogP contribution in [0.15, 0.2) is 0 Å². The van der Waals surface area contributed by atoms with Crippen LogP contribution >= 0.6 is 0 Å². The number of nitrogens with one attached hydrogen (secondary N) is 1. The molecule has 20 heavy (non-hydrogen) atoms. The van der Waals surface area contributed by atoms with E-state index >= 15 is 0 Å². The highest BCUT2D eigenvalue weighted by molar-refractivity contribution is 5.86. The van der Waals surface area contributed by atoms with E-state index in [0.29, 0.717) is 17.9 Å². The van der Waals surface area contributed by atoms with Crippen molar-refractivity contribution in [2.24, 2.45) is 11.8 Å². The molecule has 5 heteroatoms. The highest BCUT2D eigenvalue weighted by atomic mass is 16.5. The molecule has 0 radical (unpaired) electrons. The molecule has 1 aliphatic heterocycles. The lowest BCUT2D eigenvalue weighted by Gasteiger charge is -2.32. The normalized spacial score (nSPS) is 25.1. The van der Waals surface area contributed by atoms with Crippen molar-refractivity contribution in [2.75, 3.05) is 13.7 Å². The number of nitrogens with zero attached hydrogens (tertiary/aromatic N) is 1. The van der Waals surface area contributed by atoms with Crippen LogP contribution in [-0.4, -0.2) is 42.6 Å². The van der Waals surface area contributed by atoms with Gasteiger partial charge in [0.25, 0.3) is 0 Å². The van der Waals surface area contributed by atoms with Crippen LogP contribution in [0.1, 0.15) is 46.0 Å². The molecule has 2 aliphatic rings. The van der Waals surface area contributed by atoms with Crippen molar-refractivity contribution in [3.05, 3.63) is 0 Å². The third kappa shape index (κ3) is 3.25. The monoisotopic (exact) mass is 282 g/mol. The summed E-state index contributed by atoms with van der Waals surface area (Å²) in [5.41, 5.74) is 0. The first kappa shape index (κ1) is 15.1. The van der Waals surface area contributed by atoms with E-state index in [1.54, 1.807) is 0 Å². The quantitative estimate of drug-likeness (QED) is 0.840. The van der Waals surface area contributed by atoms with Crippen molar-refractivity contribution in [2.45, 2.75) is 58.0 Å². The minimum atomic E-state index is -0.505. The zero-order valence-electron chi connectivity index (χ0n) is 12.7. The van der Waals surface area contributed by atoms with Crippen LogP contribution in [0.25, 0.3) is 0 Å². The second-order valence-corrected chi connectivity index (χ2v) is 6.08. The van der Waals surface area contributed by atoms with Crippen LogP contribution in [0.4, 0.5) is 4.79 Å². The van der Waals surface area contributed by atoms with Gasteiger partial charge in [-0.3, -0.25) is 4.79 Å². The Kier molecular flexibility index (Phi) is 4.89. The molecule has 1 heterocycles. The average Bonchev–Trinajstić information content (AvgIpc) is 3.18. The van der Waals surface area contributed by atoms with Gasteiger partial charge in [-0.1, -0.05) is 20.3 Å². The van der Waals surface area contributed by atoms with Crippen molar-refractivity contribution in [3.63, 3.8) is 0 Å². The number of amides is 2. The van der Waals surface area contributed by atoms with Crippen molar-refractivity contribution in [1.82, 2.24) is 10.2 Å². The van der Waals surface area contributed by atoms with Crippen LogP contribution < -0.4 is 5.32 Å². The van der Waals surface area contributed by atoms with Gasteiger partial charge in [-0.15, -0.1) is 0 Å². The number of hydrogen-bond acceptors (Lipinski definition) is 3. The van der Waals surface area contributed by atoms with Crippen molar-refractivity contribution in [3.8, 4) is 0 Å². The molecule has 0 bridgehead atoms. The molecule has 1 aliphatic carbocycles. The first-order valence-electron chi connectivity index (χ1n) is 7.73. The van der Waals surface area contributed by atoms with Crippen molar-refractivity contribution in [1.29, 1.82) is 0 Å². The number of rotatable bonds is 5. The highest BCUT2D eigenvalue weighted by Gasteiger charge is 2.42. The summed E-state index contributed by atoms with van der Waals surface area (Å²) in [6, 6.07) is -0.0692. The number of ether oxygens (including phenoxy) is 1. The van der Waals surface area contributed by atoms with Gasteiger partial charge in [-0.2, -0.15) is 0 Å². The zero-order chi connectivity index (χ0) is 14.7. The Balaban J connectivity index is 2.04. The minimum absolute atomic E-state index is 0.0840. The van der Waals surface area contributed by atoms with Gasteiger partial charge in [0.2, 0.25) is 5.91 Å². The summed E-state index contributed by atoms with van der Waals surface area (Å²) in [4.78, 5) is 26.2. The highest BCUT2D eigenvalue weighted by Crippen LogP contribution is 2.35. The number of hydrogen-bond donors (Lipinski definition) is 1. The molecule has 2 fully saturated rings. The maximum atomic E-state index is 12.8. The summed E-state index contributed by atoms with van der Waals surface area (Å²) in [5.74, 6) is 0.889. The van der Waals surface area contributed by atoms with Crippen LogP contribution in [-0.2, 0) is 9.53 Å². The molecule has 2 unspecified atom stereocenters. The van der Waals surface area contributed by atoms with Gasteiger partial charge in [0, 0.05) is 12.6 Å². The van der Waals surface area contributed by atoms with E-state index in [4.69, 9.17) is 0 Å². The summed E-state index contributed by atoms with van der Waals surface area (Å²) < 4.78 is 4.65. The standard InChI is InChI=1S/C15H26N2O3/c1-4-10(2)12-6-5-9-17(12)14(18)13(11-7-8-11)16-15(19)20-3/h10-13H,4-9H2,1-3H3,(H,16,19)/t10?,12?,13-/m0/s1. The SMILES string of the molecule is CCC(C)C1CCCN1C(=O)[C@@H](NC(=O)OC)C1CC1. The second kappa shape index (κ2) is 6.46. The van der Waals surface area contributed by atoms with E-state index < -0.39 is 12.1 Å². The van der Waals surface area contributed by atoms with Gasteiger partial charge < -0.3 is 15.0 Å². The summed E-state index contributed by atoms with van der Waals surface area (Å²) in [5, 5.41) is 2.73. The zero-order valence-corrected chi connectivity index (χ0v) is 12.7. The fourth-order valence-corrected chi connectivity index (χ4v) is 3.11. The van der Waals surface area contributed by atoms with E-state index in [1.165, 1.54) is 7.11 Å². The van der Waals surface area contributed by atoms with Crippen molar-refractivity contribution >= 4 is 12.0 Å². The predicted molar refractivity (Wildman–Crippen MR) is 76.2 cm³/mol. The lowest BCUT2D eigenvalue weighted by Crippen LogP contribution is -2.52. The topological polar surface area (TPSA) is 58.6 Å². The number of carbonyl (C=O) groups is 2. The van der Waals surface area contributed by atoms with E-state index in [9.17, 15) is 9.59 Å². The van der Waals surface area contributed by atoms with Crippen LogP contribution in [0.2, 0.25) is 0 Å². The Labute approximate surface area is 121 Å². The molecule has 0 aromatic carbocycles. The summed E-state index contributed by atoms with van der Waals surface area (Å²) in [7, 11) is 1.33. The third-order valence-corrected chi connectivity index (χ3v) is 4.70. The molecular formula is C15H26N2O3. The number of likely N-dealkylation sites (tertiary alicyclic amines) is 1. The molecule has 0 aromatic heterocycles. The molecule has 3 atom stereocenters. The van der Waals surface area contributed by atoms with Gasteiger partial charge in [0.05, 0.1) is 7.11 Å². The first-order chi connectivity index (χ1) is 9.58. The maximum absolute atomic E-state index is 12.8. The smallest absolute Gasteiger partial charge is 0.407 e. The predicted octanol–water partition coefficient (Wildman–Crippen LogP) is 2.16. The fourth-order valence-electron chi connectivity index (χ4n) is 3.11. The lowest BCUT2D eigenvalue weighted by atomic mass is 9.96. The Bertz CT molecular complexity index is 368. The van der Waals surface area contributed by atoms with Crippen LogP contribution in [0, 0.1) is 11.8 Å². The molecule has 0 spiro atoms. The molecule has 5 nitrogen and oxygen atoms in total. The van der Waals surface area contributed by atoms with E-state index in [1.807, 2.05) is 4.90 Å². The van der Waals surface area contributed by atoms with Gasteiger partial charge in [0.1, 0.15) is 6.04 Å². The number of carbonyl (C=O) groups excluding carboxylic acids is 2. The largest absolute Gasteiger partial charge is 0.453 e. The maximum Gasteiger partial charge on any atom is 0.407 e. The Hall–Kier alpha value is -1.26. The lowest BCUT2D eigenvalue weighted by molar-refractivity contribution is -0.135. The first-order valence-corrected chi connectivity index (χ1v) is 7.73. The third-order valence-electron chi connectivity index (χ3n) is 4.70. The molecule has 1 saturated carbocycles. The number of alkyl carbamates (subject to hydrolysis) is 1. The molecule has 2 amide bonds. The second-order valence-electron chi connectivity index (χ2n) is 6.08. The number of methoxy groups -OCH3 is 1. The summed E-state index contributed by atoms with van der Waals surface area (Å²) in [6.45, 7) is 5.19. The van der Waals surface area contributed by atoms with E-state index in [-0.39, 0.29) is 5.91 Å². The van der Waals surface area contributed by atoms with Gasteiger partial charge in [0.15, 0.2) is 0 Å².